The summed E-state index contributed by atoms with van der Waals surface area (Å²) in [5.41, 5.74) is 1.38. The van der Waals surface area contributed by atoms with E-state index in [1.165, 1.54) is 5.69 Å². The second kappa shape index (κ2) is 6.79. The average Bonchev–Trinajstić information content (AvgIpc) is 2.39. The van der Waals surface area contributed by atoms with E-state index in [-0.39, 0.29) is 5.54 Å². The van der Waals surface area contributed by atoms with Crippen LogP contribution in [0.1, 0.15) is 20.8 Å². The van der Waals surface area contributed by atoms with E-state index in [4.69, 9.17) is 11.6 Å². The van der Waals surface area contributed by atoms with Gasteiger partial charge in [0.1, 0.15) is 0 Å². The summed E-state index contributed by atoms with van der Waals surface area (Å²) in [6, 6.07) is 8.12. The van der Waals surface area contributed by atoms with E-state index in [1.807, 2.05) is 12.1 Å². The number of hydrogen-bond acceptors (Lipinski definition) is 3. The van der Waals surface area contributed by atoms with Crippen molar-refractivity contribution in [2.45, 2.75) is 26.3 Å². The predicted molar refractivity (Wildman–Crippen MR) is 87.9 cm³/mol. The number of benzene rings is 1. The number of rotatable bonds is 4. The van der Waals surface area contributed by atoms with E-state index in [2.05, 4.69) is 48.0 Å². The highest BCUT2D eigenvalue weighted by Gasteiger charge is 2.18. The maximum Gasteiger partial charge on any atom is 0.0639 e. The average molecular weight is 296 g/mol. The second-order valence-corrected chi connectivity index (χ2v) is 6.86. The molecule has 112 valence electrons. The van der Waals surface area contributed by atoms with Crippen molar-refractivity contribution in [1.29, 1.82) is 0 Å². The van der Waals surface area contributed by atoms with Gasteiger partial charge in [-0.15, -0.1) is 0 Å². The van der Waals surface area contributed by atoms with Gasteiger partial charge in [-0.3, -0.25) is 4.90 Å². The van der Waals surface area contributed by atoms with E-state index >= 15 is 0 Å². The monoisotopic (exact) mass is 295 g/mol. The van der Waals surface area contributed by atoms with Crippen molar-refractivity contribution in [3.05, 3.63) is 29.3 Å². The highest BCUT2D eigenvalue weighted by Crippen LogP contribution is 2.25. The van der Waals surface area contributed by atoms with Crippen molar-refractivity contribution in [1.82, 2.24) is 10.2 Å². The van der Waals surface area contributed by atoms with Crippen molar-refractivity contribution in [2.24, 2.45) is 0 Å². The van der Waals surface area contributed by atoms with E-state index in [0.29, 0.717) is 0 Å². The largest absolute Gasteiger partial charge is 0.368 e. The highest BCUT2D eigenvalue weighted by molar-refractivity contribution is 6.33. The zero-order chi connectivity index (χ0) is 14.6. The first-order valence-electron chi connectivity index (χ1n) is 7.42. The Morgan fingerprint density at radius 1 is 1.10 bits per heavy atom. The number of para-hydroxylation sites is 1. The fourth-order valence-electron chi connectivity index (χ4n) is 2.51. The van der Waals surface area contributed by atoms with Crippen LogP contribution in [0, 0.1) is 0 Å². The molecular formula is C16H26ClN3. The van der Waals surface area contributed by atoms with Gasteiger partial charge in [0.2, 0.25) is 0 Å². The Balaban J connectivity index is 1.77. The van der Waals surface area contributed by atoms with Crippen LogP contribution in [0.15, 0.2) is 24.3 Å². The SMILES string of the molecule is CC(C)(C)NCCN1CCN(c2ccccc2Cl)CC1. The molecular weight excluding hydrogens is 270 g/mol. The predicted octanol–water partition coefficient (Wildman–Crippen LogP) is 2.85. The van der Waals surface area contributed by atoms with Gasteiger partial charge in [-0.1, -0.05) is 23.7 Å². The summed E-state index contributed by atoms with van der Waals surface area (Å²) >= 11 is 6.26. The molecule has 1 aliphatic heterocycles. The number of nitrogens with one attached hydrogen (secondary N) is 1. The van der Waals surface area contributed by atoms with Gasteiger partial charge in [0.15, 0.2) is 0 Å². The molecule has 1 aromatic rings. The summed E-state index contributed by atoms with van der Waals surface area (Å²) in [6.45, 7) is 13.1. The Morgan fingerprint density at radius 3 is 2.35 bits per heavy atom. The minimum Gasteiger partial charge on any atom is -0.368 e. The normalized spacial score (nSPS) is 17.5. The molecule has 0 aromatic heterocycles. The minimum absolute atomic E-state index is 0.208. The Kier molecular flexibility index (Phi) is 5.30. The maximum atomic E-state index is 6.26. The molecule has 1 fully saturated rings. The molecule has 0 amide bonds. The molecule has 4 heteroatoms. The maximum absolute atomic E-state index is 6.26. The van der Waals surface area contributed by atoms with Gasteiger partial charge in [0.25, 0.3) is 0 Å². The Hall–Kier alpha value is -0.770. The summed E-state index contributed by atoms with van der Waals surface area (Å²) in [6.07, 6.45) is 0. The third kappa shape index (κ3) is 4.65. The highest BCUT2D eigenvalue weighted by atomic mass is 35.5. The summed E-state index contributed by atoms with van der Waals surface area (Å²) in [4.78, 5) is 4.90. The molecule has 1 heterocycles. The molecule has 0 radical (unpaired) electrons. The summed E-state index contributed by atoms with van der Waals surface area (Å²) in [5.74, 6) is 0. The number of hydrogen-bond donors (Lipinski definition) is 1. The number of nitrogens with zero attached hydrogens (tertiary/aromatic N) is 2. The van der Waals surface area contributed by atoms with Crippen LogP contribution in [0.25, 0.3) is 0 Å². The van der Waals surface area contributed by atoms with Crippen LogP contribution < -0.4 is 10.2 Å². The van der Waals surface area contributed by atoms with E-state index in [1.54, 1.807) is 0 Å². The van der Waals surface area contributed by atoms with Gasteiger partial charge < -0.3 is 10.2 Å². The van der Waals surface area contributed by atoms with Crippen LogP contribution in [0.2, 0.25) is 5.02 Å². The third-order valence-electron chi connectivity index (χ3n) is 3.65. The number of anilines is 1. The zero-order valence-corrected chi connectivity index (χ0v) is 13.6. The first kappa shape index (κ1) is 15.6. The van der Waals surface area contributed by atoms with Crippen molar-refractivity contribution in [3.8, 4) is 0 Å². The molecule has 0 atom stereocenters. The fourth-order valence-corrected chi connectivity index (χ4v) is 2.76. The van der Waals surface area contributed by atoms with Crippen LogP contribution in [-0.2, 0) is 0 Å². The van der Waals surface area contributed by atoms with Crippen LogP contribution in [0.3, 0.4) is 0 Å². The molecule has 1 aromatic carbocycles. The van der Waals surface area contributed by atoms with Gasteiger partial charge in [0, 0.05) is 44.8 Å². The molecule has 1 aliphatic rings. The lowest BCUT2D eigenvalue weighted by molar-refractivity contribution is 0.248. The molecule has 1 N–H and O–H groups in total. The first-order chi connectivity index (χ1) is 9.46. The third-order valence-corrected chi connectivity index (χ3v) is 3.97. The molecule has 20 heavy (non-hydrogen) atoms. The van der Waals surface area contributed by atoms with Gasteiger partial charge >= 0.3 is 0 Å². The van der Waals surface area contributed by atoms with E-state index in [0.717, 1.165) is 44.3 Å². The van der Waals surface area contributed by atoms with Crippen molar-refractivity contribution in [2.75, 3.05) is 44.2 Å². The van der Waals surface area contributed by atoms with Crippen molar-refractivity contribution < 1.29 is 0 Å². The molecule has 3 nitrogen and oxygen atoms in total. The van der Waals surface area contributed by atoms with Crippen LogP contribution in [-0.4, -0.2) is 49.7 Å². The molecule has 2 rings (SSSR count). The number of piperazine rings is 1. The molecule has 0 saturated carbocycles. The second-order valence-electron chi connectivity index (χ2n) is 6.46. The minimum atomic E-state index is 0.208. The van der Waals surface area contributed by atoms with Gasteiger partial charge in [-0.25, -0.2) is 0 Å². The molecule has 0 spiro atoms. The first-order valence-corrected chi connectivity index (χ1v) is 7.80. The Labute approximate surface area is 127 Å². The topological polar surface area (TPSA) is 18.5 Å². The molecule has 0 unspecified atom stereocenters. The van der Waals surface area contributed by atoms with Crippen molar-refractivity contribution in [3.63, 3.8) is 0 Å². The van der Waals surface area contributed by atoms with Crippen LogP contribution in [0.4, 0.5) is 5.69 Å². The molecule has 1 saturated heterocycles. The Bertz CT molecular complexity index is 420. The quantitative estimate of drug-likeness (QED) is 0.921. The zero-order valence-electron chi connectivity index (χ0n) is 12.8. The molecule has 0 bridgehead atoms. The van der Waals surface area contributed by atoms with Crippen LogP contribution in [0.5, 0.6) is 0 Å². The lowest BCUT2D eigenvalue weighted by atomic mass is 10.1. The van der Waals surface area contributed by atoms with E-state index < -0.39 is 0 Å². The van der Waals surface area contributed by atoms with Gasteiger partial charge in [-0.2, -0.15) is 0 Å². The van der Waals surface area contributed by atoms with Gasteiger partial charge in [-0.05, 0) is 32.9 Å². The van der Waals surface area contributed by atoms with Crippen molar-refractivity contribution >= 4 is 17.3 Å². The molecule has 0 aliphatic carbocycles. The smallest absolute Gasteiger partial charge is 0.0639 e. The van der Waals surface area contributed by atoms with E-state index in [9.17, 15) is 0 Å². The lowest BCUT2D eigenvalue weighted by Gasteiger charge is -2.37. The standard InChI is InChI=1S/C16H26ClN3/c1-16(2,3)18-8-9-19-10-12-20(13-11-19)15-7-5-4-6-14(15)17/h4-7,18H,8-13H2,1-3H3. The fraction of sp³-hybridized carbons (Fsp3) is 0.625. The summed E-state index contributed by atoms with van der Waals surface area (Å²) in [7, 11) is 0. The summed E-state index contributed by atoms with van der Waals surface area (Å²) < 4.78 is 0. The summed E-state index contributed by atoms with van der Waals surface area (Å²) in [5, 5.41) is 4.40. The lowest BCUT2D eigenvalue weighted by Crippen LogP contribution is -2.49. The van der Waals surface area contributed by atoms with Crippen LogP contribution >= 0.6 is 11.6 Å². The number of halogens is 1. The Morgan fingerprint density at radius 2 is 1.75 bits per heavy atom. The van der Waals surface area contributed by atoms with Gasteiger partial charge in [0.05, 0.1) is 10.7 Å².